The molecular weight excluding hydrogens is 200 g/mol. The summed E-state index contributed by atoms with van der Waals surface area (Å²) in [6.07, 6.45) is 5.20. The Morgan fingerprint density at radius 3 is 2.69 bits per heavy atom. The first-order valence-corrected chi connectivity index (χ1v) is 5.90. The van der Waals surface area contributed by atoms with Crippen molar-refractivity contribution in [1.29, 1.82) is 0 Å². The van der Waals surface area contributed by atoms with Crippen LogP contribution in [-0.4, -0.2) is 12.6 Å². The molecule has 16 heavy (non-hydrogen) atoms. The molecule has 1 saturated carbocycles. The zero-order chi connectivity index (χ0) is 11.7. The largest absolute Gasteiger partial charge is 0.310 e. The number of aliphatic imine (C=N–C) groups is 1. The number of carbonyl (C=O) groups is 1. The van der Waals surface area contributed by atoms with E-state index in [1.165, 1.54) is 11.1 Å². The van der Waals surface area contributed by atoms with E-state index in [4.69, 9.17) is 0 Å². The van der Waals surface area contributed by atoms with Gasteiger partial charge in [-0.2, -0.15) is 0 Å². The molecule has 2 aliphatic rings. The fraction of sp³-hybridized carbons (Fsp3) is 0.538. The van der Waals surface area contributed by atoms with Crippen molar-refractivity contribution in [3.8, 4) is 0 Å². The maximum absolute atomic E-state index is 11.7. The summed E-state index contributed by atoms with van der Waals surface area (Å²) in [6, 6.07) is 0. The number of amides is 1. The van der Waals surface area contributed by atoms with E-state index in [1.54, 1.807) is 0 Å². The second-order valence-corrected chi connectivity index (χ2v) is 4.37. The quantitative estimate of drug-likeness (QED) is 0.726. The van der Waals surface area contributed by atoms with Gasteiger partial charge in [0, 0.05) is 11.5 Å². The van der Waals surface area contributed by atoms with E-state index >= 15 is 0 Å². The Morgan fingerprint density at radius 2 is 2.25 bits per heavy atom. The van der Waals surface area contributed by atoms with Crippen molar-refractivity contribution in [3.05, 3.63) is 23.0 Å². The van der Waals surface area contributed by atoms with Crippen LogP contribution in [0.4, 0.5) is 0 Å². The molecular formula is C13H18N2O. The van der Waals surface area contributed by atoms with Crippen molar-refractivity contribution in [2.24, 2.45) is 16.8 Å². The highest BCUT2D eigenvalue weighted by atomic mass is 16.2. The summed E-state index contributed by atoms with van der Waals surface area (Å²) in [5, 5.41) is 2.87. The molecule has 1 fully saturated rings. The van der Waals surface area contributed by atoms with Crippen LogP contribution < -0.4 is 5.32 Å². The predicted octanol–water partition coefficient (Wildman–Crippen LogP) is 2.41. The van der Waals surface area contributed by atoms with Crippen LogP contribution in [0.25, 0.3) is 0 Å². The maximum atomic E-state index is 11.7. The van der Waals surface area contributed by atoms with Crippen molar-refractivity contribution < 1.29 is 4.79 Å². The molecule has 2 rings (SSSR count). The lowest BCUT2D eigenvalue weighted by atomic mass is 9.65. The standard InChI is InChI=1S/C13H18N2O/c1-4-8(5-2)11-9-6-7-10(9)13(16)15-12(11)14-3/h4,9-10H,3,5-7H2,1-2H3,(H,15,16). The van der Waals surface area contributed by atoms with Crippen LogP contribution in [0, 0.1) is 11.8 Å². The van der Waals surface area contributed by atoms with Crippen LogP contribution in [0.2, 0.25) is 0 Å². The average molecular weight is 218 g/mol. The van der Waals surface area contributed by atoms with Crippen LogP contribution in [0.1, 0.15) is 33.1 Å². The summed E-state index contributed by atoms with van der Waals surface area (Å²) in [7, 11) is 0. The fourth-order valence-electron chi connectivity index (χ4n) is 2.68. The molecule has 0 spiro atoms. The van der Waals surface area contributed by atoms with E-state index in [-0.39, 0.29) is 11.8 Å². The van der Waals surface area contributed by atoms with Gasteiger partial charge in [0.25, 0.3) is 0 Å². The van der Waals surface area contributed by atoms with Gasteiger partial charge >= 0.3 is 0 Å². The first-order valence-electron chi connectivity index (χ1n) is 5.90. The van der Waals surface area contributed by atoms with Crippen molar-refractivity contribution in [1.82, 2.24) is 5.32 Å². The average Bonchev–Trinajstić information content (AvgIpc) is 2.23. The van der Waals surface area contributed by atoms with Gasteiger partial charge in [-0.05, 0) is 44.4 Å². The van der Waals surface area contributed by atoms with E-state index < -0.39 is 0 Å². The highest BCUT2D eigenvalue weighted by Crippen LogP contribution is 2.46. The Hall–Kier alpha value is -1.38. The van der Waals surface area contributed by atoms with Crippen LogP contribution in [-0.2, 0) is 4.79 Å². The lowest BCUT2D eigenvalue weighted by molar-refractivity contribution is -0.129. The van der Waals surface area contributed by atoms with Crippen molar-refractivity contribution in [3.63, 3.8) is 0 Å². The molecule has 0 aromatic carbocycles. The van der Waals surface area contributed by atoms with Gasteiger partial charge in [-0.25, -0.2) is 4.99 Å². The first-order chi connectivity index (χ1) is 7.72. The zero-order valence-corrected chi connectivity index (χ0v) is 9.92. The molecule has 1 aliphatic heterocycles. The highest BCUT2D eigenvalue weighted by molar-refractivity contribution is 5.84. The van der Waals surface area contributed by atoms with Crippen LogP contribution in [0.5, 0.6) is 0 Å². The highest BCUT2D eigenvalue weighted by Gasteiger charge is 2.44. The summed E-state index contributed by atoms with van der Waals surface area (Å²) in [4.78, 5) is 15.7. The van der Waals surface area contributed by atoms with Crippen LogP contribution in [0.15, 0.2) is 28.0 Å². The lowest BCUT2D eigenvalue weighted by Gasteiger charge is -2.42. The molecule has 0 bridgehead atoms. The third kappa shape index (κ3) is 1.51. The van der Waals surface area contributed by atoms with Gasteiger partial charge in [-0.3, -0.25) is 4.79 Å². The molecule has 3 nitrogen and oxygen atoms in total. The lowest BCUT2D eigenvalue weighted by Crippen LogP contribution is -2.46. The van der Waals surface area contributed by atoms with Gasteiger partial charge in [-0.15, -0.1) is 0 Å². The van der Waals surface area contributed by atoms with Gasteiger partial charge < -0.3 is 5.32 Å². The Morgan fingerprint density at radius 1 is 1.56 bits per heavy atom. The topological polar surface area (TPSA) is 41.5 Å². The van der Waals surface area contributed by atoms with Crippen LogP contribution >= 0.6 is 0 Å². The number of hydrogen-bond donors (Lipinski definition) is 1. The second-order valence-electron chi connectivity index (χ2n) is 4.37. The zero-order valence-electron chi connectivity index (χ0n) is 9.92. The van der Waals surface area contributed by atoms with Gasteiger partial charge in [0.2, 0.25) is 5.91 Å². The maximum Gasteiger partial charge on any atom is 0.229 e. The van der Waals surface area contributed by atoms with E-state index in [0.717, 1.165) is 19.3 Å². The summed E-state index contributed by atoms with van der Waals surface area (Å²) in [5.74, 6) is 1.34. The molecule has 0 aromatic rings. The second kappa shape index (κ2) is 4.24. The van der Waals surface area contributed by atoms with E-state index in [9.17, 15) is 4.79 Å². The minimum atomic E-state index is 0.119. The van der Waals surface area contributed by atoms with Crippen molar-refractivity contribution in [2.45, 2.75) is 33.1 Å². The minimum absolute atomic E-state index is 0.119. The van der Waals surface area contributed by atoms with E-state index in [1.807, 2.05) is 6.92 Å². The number of carbonyl (C=O) groups excluding carboxylic acids is 1. The Balaban J connectivity index is 2.44. The summed E-state index contributed by atoms with van der Waals surface area (Å²) in [6.45, 7) is 7.72. The van der Waals surface area contributed by atoms with Crippen molar-refractivity contribution in [2.75, 3.05) is 0 Å². The predicted molar refractivity (Wildman–Crippen MR) is 65.0 cm³/mol. The third-order valence-corrected chi connectivity index (χ3v) is 3.71. The molecule has 1 amide bonds. The number of allylic oxidation sites excluding steroid dienone is 3. The smallest absolute Gasteiger partial charge is 0.229 e. The summed E-state index contributed by atoms with van der Waals surface area (Å²) in [5.41, 5.74) is 2.51. The van der Waals surface area contributed by atoms with E-state index in [2.05, 4.69) is 30.0 Å². The SMILES string of the molecule is C=NC1=C(C(=CC)CC)C2CCC2C(=O)N1. The number of nitrogens with one attached hydrogen (secondary N) is 1. The third-order valence-electron chi connectivity index (χ3n) is 3.71. The molecule has 1 heterocycles. The Labute approximate surface area is 96.3 Å². The number of hydrogen-bond acceptors (Lipinski definition) is 2. The number of nitrogens with zero attached hydrogens (tertiary/aromatic N) is 1. The first kappa shape index (κ1) is 11.1. The monoisotopic (exact) mass is 218 g/mol. The number of rotatable bonds is 3. The van der Waals surface area contributed by atoms with Gasteiger partial charge in [-0.1, -0.05) is 13.0 Å². The molecule has 2 unspecified atom stereocenters. The van der Waals surface area contributed by atoms with Gasteiger partial charge in [0.1, 0.15) is 5.82 Å². The van der Waals surface area contributed by atoms with Gasteiger partial charge in [0.15, 0.2) is 0 Å². The summed E-state index contributed by atoms with van der Waals surface area (Å²) < 4.78 is 0. The fourth-order valence-corrected chi connectivity index (χ4v) is 2.68. The molecule has 1 N–H and O–H groups in total. The molecule has 86 valence electrons. The van der Waals surface area contributed by atoms with Crippen LogP contribution in [0.3, 0.4) is 0 Å². The molecule has 1 aliphatic carbocycles. The summed E-state index contributed by atoms with van der Waals surface area (Å²) >= 11 is 0. The molecule has 3 heteroatoms. The molecule has 0 saturated heterocycles. The van der Waals surface area contributed by atoms with Crippen molar-refractivity contribution >= 4 is 12.6 Å². The van der Waals surface area contributed by atoms with E-state index in [0.29, 0.717) is 11.7 Å². The Bertz CT molecular complexity index is 393. The van der Waals surface area contributed by atoms with Gasteiger partial charge in [0.05, 0.1) is 0 Å². The Kier molecular flexibility index (Phi) is 2.95. The normalized spacial score (nSPS) is 29.4. The minimum Gasteiger partial charge on any atom is -0.310 e. The molecule has 0 radical (unpaired) electrons. The molecule has 0 aromatic heterocycles. The number of fused-ring (bicyclic) bond motifs is 1. The molecule has 2 atom stereocenters.